The lowest BCUT2D eigenvalue weighted by Gasteiger charge is -2.44. The molecule has 0 saturated carbocycles. The lowest BCUT2D eigenvalue weighted by molar-refractivity contribution is -0.273. The van der Waals surface area contributed by atoms with Gasteiger partial charge in [-0.05, 0) is 59.3 Å². The van der Waals surface area contributed by atoms with E-state index in [-0.39, 0.29) is 42.0 Å². The molecular formula is C21H33IO6. The average molecular weight is 508 g/mol. The molecule has 0 aromatic carbocycles. The van der Waals surface area contributed by atoms with Crippen molar-refractivity contribution in [3.8, 4) is 0 Å². The lowest BCUT2D eigenvalue weighted by Crippen LogP contribution is -2.56. The Morgan fingerprint density at radius 2 is 1.82 bits per heavy atom. The Morgan fingerprint density at radius 3 is 2.50 bits per heavy atom. The first kappa shape index (κ1) is 21.5. The van der Waals surface area contributed by atoms with Gasteiger partial charge in [-0.3, -0.25) is 0 Å². The Morgan fingerprint density at radius 1 is 1.14 bits per heavy atom. The number of fused-ring (bicyclic) bond motifs is 5. The number of ether oxygens (including phenoxy) is 6. The third-order valence-corrected chi connectivity index (χ3v) is 7.28. The molecule has 0 bridgehead atoms. The molecule has 7 atom stereocenters. The van der Waals surface area contributed by atoms with Gasteiger partial charge >= 0.3 is 0 Å². The van der Waals surface area contributed by atoms with Crippen molar-refractivity contribution in [2.75, 3.05) is 13.7 Å². The molecule has 1 aliphatic carbocycles. The monoisotopic (exact) mass is 508 g/mol. The summed E-state index contributed by atoms with van der Waals surface area (Å²) in [6.07, 6.45) is 2.63. The first-order valence-electron chi connectivity index (χ1n) is 10.2. The van der Waals surface area contributed by atoms with Gasteiger partial charge in [0.2, 0.25) is 0 Å². The third kappa shape index (κ3) is 3.81. The van der Waals surface area contributed by atoms with Crippen LogP contribution in [0.1, 0.15) is 48.0 Å². The van der Waals surface area contributed by atoms with Crippen molar-refractivity contribution in [1.29, 1.82) is 0 Å². The summed E-state index contributed by atoms with van der Waals surface area (Å²) in [5.74, 6) is -0.862. The molecule has 4 aliphatic rings. The Kier molecular flexibility index (Phi) is 5.47. The molecule has 3 aliphatic heterocycles. The molecular weight excluding hydrogens is 475 g/mol. The smallest absolute Gasteiger partial charge is 0.164 e. The maximum atomic E-state index is 6.45. The summed E-state index contributed by atoms with van der Waals surface area (Å²) >= 11 is 2.43. The zero-order valence-electron chi connectivity index (χ0n) is 17.9. The van der Waals surface area contributed by atoms with E-state index in [0.717, 1.165) is 6.42 Å². The second kappa shape index (κ2) is 7.14. The number of halogens is 1. The molecule has 0 spiro atoms. The fourth-order valence-corrected chi connectivity index (χ4v) is 6.51. The van der Waals surface area contributed by atoms with Crippen molar-refractivity contribution >= 4 is 22.6 Å². The van der Waals surface area contributed by atoms with Crippen LogP contribution in [0, 0.1) is 17.3 Å². The molecule has 7 heteroatoms. The molecule has 0 radical (unpaired) electrons. The molecule has 6 nitrogen and oxygen atoms in total. The molecule has 0 N–H and O–H groups in total. The summed E-state index contributed by atoms with van der Waals surface area (Å²) in [5.41, 5.74) is 0.0181. The van der Waals surface area contributed by atoms with Gasteiger partial charge in [-0.2, -0.15) is 0 Å². The van der Waals surface area contributed by atoms with E-state index in [1.807, 2.05) is 27.7 Å². The van der Waals surface area contributed by atoms with Gasteiger partial charge in [-0.1, -0.05) is 19.9 Å². The maximum Gasteiger partial charge on any atom is 0.164 e. The van der Waals surface area contributed by atoms with Gasteiger partial charge in [0.25, 0.3) is 0 Å². The minimum atomic E-state index is -0.683. The van der Waals surface area contributed by atoms with E-state index in [0.29, 0.717) is 12.5 Å². The number of hydrogen-bond acceptors (Lipinski definition) is 6. The standard InChI is InChI=1S/C21H33IO6/c1-19(2)9-11(22)8-12-15(19)14-17-16(27-21(5,6)28-17)13(26-18(14)25-12)10-24-20(3,4)23-7/h9,12-18H,8,10H2,1-7H3/t12-,13-,14-,15-,16-,17-,18+/m1/s1. The van der Waals surface area contributed by atoms with Crippen molar-refractivity contribution in [1.82, 2.24) is 0 Å². The quantitative estimate of drug-likeness (QED) is 0.423. The van der Waals surface area contributed by atoms with E-state index >= 15 is 0 Å². The predicted octanol–water partition coefficient (Wildman–Crippen LogP) is 4.01. The van der Waals surface area contributed by atoms with Crippen LogP contribution in [0.25, 0.3) is 0 Å². The van der Waals surface area contributed by atoms with Gasteiger partial charge < -0.3 is 28.4 Å². The van der Waals surface area contributed by atoms with Crippen LogP contribution in [0.5, 0.6) is 0 Å². The van der Waals surface area contributed by atoms with E-state index in [1.165, 1.54) is 3.58 Å². The average Bonchev–Trinajstić information content (AvgIpc) is 3.08. The van der Waals surface area contributed by atoms with Crippen LogP contribution in [-0.2, 0) is 28.4 Å². The molecule has 3 heterocycles. The Bertz CT molecular complexity index is 645. The van der Waals surface area contributed by atoms with Crippen molar-refractivity contribution in [2.24, 2.45) is 17.3 Å². The van der Waals surface area contributed by atoms with E-state index in [2.05, 4.69) is 42.5 Å². The molecule has 160 valence electrons. The van der Waals surface area contributed by atoms with Crippen molar-refractivity contribution in [3.05, 3.63) is 9.66 Å². The largest absolute Gasteiger partial charge is 0.354 e. The SMILES string of the molecule is COC(C)(C)OC[C@H]1O[C@@H]2O[C@@H]3CC(I)=CC(C)(C)[C@H]3[C@@H]2[C@H]2OC(C)(C)O[C@@H]21. The summed E-state index contributed by atoms with van der Waals surface area (Å²) in [6.45, 7) is 12.7. The molecule has 0 unspecified atom stereocenters. The highest BCUT2D eigenvalue weighted by Gasteiger charge is 2.64. The predicted molar refractivity (Wildman–Crippen MR) is 112 cm³/mol. The van der Waals surface area contributed by atoms with Crippen molar-refractivity contribution in [2.45, 2.75) is 90.2 Å². The highest BCUT2D eigenvalue weighted by Crippen LogP contribution is 2.57. The fraction of sp³-hybridized carbons (Fsp3) is 0.905. The van der Waals surface area contributed by atoms with Gasteiger partial charge in [0, 0.05) is 25.4 Å². The third-order valence-electron chi connectivity index (χ3n) is 6.53. The summed E-state index contributed by atoms with van der Waals surface area (Å²) in [4.78, 5) is 0. The van der Waals surface area contributed by atoms with E-state index in [4.69, 9.17) is 28.4 Å². The Hall–Kier alpha value is 0.230. The number of methoxy groups -OCH3 is 1. The molecule has 3 fully saturated rings. The van der Waals surface area contributed by atoms with Crippen LogP contribution in [0.2, 0.25) is 0 Å². The van der Waals surface area contributed by atoms with Crippen LogP contribution in [0.4, 0.5) is 0 Å². The van der Waals surface area contributed by atoms with Gasteiger partial charge in [-0.15, -0.1) is 0 Å². The number of hydrogen-bond donors (Lipinski definition) is 0. The first-order valence-corrected chi connectivity index (χ1v) is 11.2. The van der Waals surface area contributed by atoms with Crippen molar-refractivity contribution < 1.29 is 28.4 Å². The zero-order valence-corrected chi connectivity index (χ0v) is 20.0. The minimum absolute atomic E-state index is 0.0181. The Balaban J connectivity index is 1.61. The van der Waals surface area contributed by atoms with Crippen LogP contribution in [-0.4, -0.2) is 56.0 Å². The van der Waals surface area contributed by atoms with E-state index < -0.39 is 11.6 Å². The summed E-state index contributed by atoms with van der Waals surface area (Å²) < 4.78 is 38.3. The Labute approximate surface area is 181 Å². The molecule has 0 aromatic rings. The second-order valence-corrected chi connectivity index (χ2v) is 11.3. The normalized spacial score (nSPS) is 43.9. The van der Waals surface area contributed by atoms with Gasteiger partial charge in [0.15, 0.2) is 17.9 Å². The lowest BCUT2D eigenvalue weighted by atomic mass is 9.64. The topological polar surface area (TPSA) is 55.4 Å². The zero-order chi connectivity index (χ0) is 20.5. The van der Waals surface area contributed by atoms with Crippen LogP contribution < -0.4 is 0 Å². The maximum absolute atomic E-state index is 6.45. The van der Waals surface area contributed by atoms with E-state index in [9.17, 15) is 0 Å². The molecule has 0 aromatic heterocycles. The van der Waals surface area contributed by atoms with E-state index in [1.54, 1.807) is 7.11 Å². The summed E-state index contributed by atoms with van der Waals surface area (Å²) in [5, 5.41) is 0. The number of rotatable bonds is 4. The molecule has 4 rings (SSSR count). The van der Waals surface area contributed by atoms with Crippen molar-refractivity contribution in [3.63, 3.8) is 0 Å². The van der Waals surface area contributed by atoms with Gasteiger partial charge in [0.1, 0.15) is 12.2 Å². The van der Waals surface area contributed by atoms with Crippen LogP contribution in [0.3, 0.4) is 0 Å². The fourth-order valence-electron chi connectivity index (χ4n) is 5.28. The second-order valence-electron chi connectivity index (χ2n) is 9.92. The highest BCUT2D eigenvalue weighted by atomic mass is 127. The van der Waals surface area contributed by atoms with Gasteiger partial charge in [-0.25, -0.2) is 0 Å². The summed E-state index contributed by atoms with van der Waals surface area (Å²) in [6, 6.07) is 0. The summed E-state index contributed by atoms with van der Waals surface area (Å²) in [7, 11) is 1.64. The molecule has 0 amide bonds. The minimum Gasteiger partial charge on any atom is -0.354 e. The highest BCUT2D eigenvalue weighted by molar-refractivity contribution is 14.1. The molecule has 28 heavy (non-hydrogen) atoms. The van der Waals surface area contributed by atoms with Gasteiger partial charge in [0.05, 0.1) is 18.8 Å². The molecule has 3 saturated heterocycles. The van der Waals surface area contributed by atoms with Crippen LogP contribution >= 0.6 is 22.6 Å². The van der Waals surface area contributed by atoms with Crippen LogP contribution in [0.15, 0.2) is 9.66 Å². The number of allylic oxidation sites excluding steroid dienone is 1. The first-order chi connectivity index (χ1) is 12.9.